The van der Waals surface area contributed by atoms with Gasteiger partial charge in [-0.1, -0.05) is 11.6 Å². The molecular weight excluding hydrogens is 396 g/mol. The molecule has 29 heavy (non-hydrogen) atoms. The fourth-order valence-corrected chi connectivity index (χ4v) is 2.89. The van der Waals surface area contributed by atoms with Gasteiger partial charge in [-0.15, -0.1) is 0 Å². The molecule has 2 aromatic carbocycles. The van der Waals surface area contributed by atoms with E-state index in [-0.39, 0.29) is 24.8 Å². The van der Waals surface area contributed by atoms with Gasteiger partial charge in [0.05, 0.1) is 27.9 Å². The number of nitrogens with one attached hydrogen (secondary N) is 1. The first-order chi connectivity index (χ1) is 13.9. The van der Waals surface area contributed by atoms with Gasteiger partial charge < -0.3 is 24.4 Å². The SMILES string of the molecule is COc1cc(CCC(=O)N(C)CC(=O)Nc2ccc(Cl)cc2)cc(OC)c1OC. The van der Waals surface area contributed by atoms with E-state index in [1.54, 1.807) is 45.5 Å². The quantitative estimate of drug-likeness (QED) is 0.672. The Morgan fingerprint density at radius 1 is 1.00 bits per heavy atom. The maximum atomic E-state index is 12.4. The highest BCUT2D eigenvalue weighted by atomic mass is 35.5. The number of rotatable bonds is 9. The van der Waals surface area contributed by atoms with Crippen molar-refractivity contribution >= 4 is 29.1 Å². The van der Waals surface area contributed by atoms with Crippen molar-refractivity contribution < 1.29 is 23.8 Å². The van der Waals surface area contributed by atoms with Gasteiger partial charge in [-0.05, 0) is 48.4 Å². The van der Waals surface area contributed by atoms with Crippen molar-refractivity contribution in [2.45, 2.75) is 12.8 Å². The van der Waals surface area contributed by atoms with E-state index in [1.807, 2.05) is 12.1 Å². The molecule has 156 valence electrons. The number of amides is 2. The molecule has 0 bridgehead atoms. The summed E-state index contributed by atoms with van der Waals surface area (Å²) < 4.78 is 16.0. The van der Waals surface area contributed by atoms with E-state index < -0.39 is 0 Å². The number of anilines is 1. The molecule has 0 aliphatic rings. The Morgan fingerprint density at radius 3 is 2.10 bits per heavy atom. The summed E-state index contributed by atoms with van der Waals surface area (Å²) >= 11 is 5.83. The number of carbonyl (C=O) groups excluding carboxylic acids is 2. The molecule has 0 radical (unpaired) electrons. The van der Waals surface area contributed by atoms with Crippen LogP contribution in [0, 0.1) is 0 Å². The van der Waals surface area contributed by atoms with Crippen LogP contribution >= 0.6 is 11.6 Å². The Labute approximate surface area is 175 Å². The maximum Gasteiger partial charge on any atom is 0.243 e. The highest BCUT2D eigenvalue weighted by molar-refractivity contribution is 6.30. The highest BCUT2D eigenvalue weighted by Gasteiger charge is 2.16. The second kappa shape index (κ2) is 10.6. The number of halogens is 1. The molecule has 0 aromatic heterocycles. The molecule has 0 aliphatic heterocycles. The number of likely N-dealkylation sites (N-methyl/N-ethyl adjacent to an activating group) is 1. The Hall–Kier alpha value is -2.93. The van der Waals surface area contributed by atoms with Crippen molar-refractivity contribution in [3.05, 3.63) is 47.0 Å². The second-order valence-electron chi connectivity index (χ2n) is 6.34. The zero-order valence-corrected chi connectivity index (χ0v) is 17.7. The lowest BCUT2D eigenvalue weighted by molar-refractivity contribution is -0.133. The molecule has 2 rings (SSSR count). The number of hydrogen-bond acceptors (Lipinski definition) is 5. The summed E-state index contributed by atoms with van der Waals surface area (Å²) in [6, 6.07) is 10.4. The molecule has 0 unspecified atom stereocenters. The van der Waals surface area contributed by atoms with Crippen molar-refractivity contribution in [3.8, 4) is 17.2 Å². The molecule has 0 saturated heterocycles. The lowest BCUT2D eigenvalue weighted by atomic mass is 10.1. The number of nitrogens with zero attached hydrogens (tertiary/aromatic N) is 1. The number of methoxy groups -OCH3 is 3. The van der Waals surface area contributed by atoms with E-state index in [2.05, 4.69) is 5.32 Å². The van der Waals surface area contributed by atoms with Crippen LogP contribution in [0.25, 0.3) is 0 Å². The Morgan fingerprint density at radius 2 is 1.59 bits per heavy atom. The summed E-state index contributed by atoms with van der Waals surface area (Å²) in [6.45, 7) is -0.0449. The first-order valence-corrected chi connectivity index (χ1v) is 9.34. The first-order valence-electron chi connectivity index (χ1n) is 8.96. The van der Waals surface area contributed by atoms with Gasteiger partial charge in [-0.25, -0.2) is 0 Å². The predicted octanol–water partition coefficient (Wildman–Crippen LogP) is 3.40. The van der Waals surface area contributed by atoms with Gasteiger partial charge in [-0.2, -0.15) is 0 Å². The lowest BCUT2D eigenvalue weighted by Gasteiger charge is -2.18. The van der Waals surface area contributed by atoms with Gasteiger partial charge in [-0.3, -0.25) is 9.59 Å². The van der Waals surface area contributed by atoms with Crippen molar-refractivity contribution in [1.29, 1.82) is 0 Å². The van der Waals surface area contributed by atoms with Crippen LogP contribution in [0.5, 0.6) is 17.2 Å². The monoisotopic (exact) mass is 420 g/mol. The van der Waals surface area contributed by atoms with Gasteiger partial charge in [0.1, 0.15) is 0 Å². The summed E-state index contributed by atoms with van der Waals surface area (Å²) in [6.07, 6.45) is 0.710. The fraction of sp³-hybridized carbons (Fsp3) is 0.333. The number of carbonyl (C=O) groups is 2. The van der Waals surface area contributed by atoms with Gasteiger partial charge >= 0.3 is 0 Å². The van der Waals surface area contributed by atoms with Crippen LogP contribution in [-0.4, -0.2) is 51.6 Å². The number of ether oxygens (including phenoxy) is 3. The zero-order chi connectivity index (χ0) is 21.4. The minimum absolute atomic E-state index is 0.0449. The van der Waals surface area contributed by atoms with Gasteiger partial charge in [0.25, 0.3) is 0 Å². The van der Waals surface area contributed by atoms with E-state index in [0.29, 0.717) is 34.4 Å². The van der Waals surface area contributed by atoms with Crippen LogP contribution in [0.3, 0.4) is 0 Å². The minimum atomic E-state index is -0.282. The molecule has 0 saturated carbocycles. The minimum Gasteiger partial charge on any atom is -0.493 e. The predicted molar refractivity (Wildman–Crippen MR) is 112 cm³/mol. The molecular formula is C21H25ClN2O5. The standard InChI is InChI=1S/C21H25ClN2O5/c1-24(13-19(25)23-16-8-6-15(22)7-9-16)20(26)10-5-14-11-17(27-2)21(29-4)18(12-14)28-3/h6-9,11-12H,5,10,13H2,1-4H3,(H,23,25). The molecule has 2 aromatic rings. The van der Waals surface area contributed by atoms with Gasteiger partial charge in [0.15, 0.2) is 11.5 Å². The van der Waals surface area contributed by atoms with Crippen LogP contribution in [0.15, 0.2) is 36.4 Å². The summed E-state index contributed by atoms with van der Waals surface area (Å²) in [7, 11) is 6.21. The van der Waals surface area contributed by atoms with Crippen molar-refractivity contribution in [2.24, 2.45) is 0 Å². The van der Waals surface area contributed by atoms with Crippen molar-refractivity contribution in [3.63, 3.8) is 0 Å². The molecule has 7 nitrogen and oxygen atoms in total. The lowest BCUT2D eigenvalue weighted by Crippen LogP contribution is -2.35. The molecule has 0 aliphatic carbocycles. The van der Waals surface area contributed by atoms with Crippen LogP contribution < -0.4 is 19.5 Å². The van der Waals surface area contributed by atoms with E-state index in [4.69, 9.17) is 25.8 Å². The molecule has 2 amide bonds. The normalized spacial score (nSPS) is 10.2. The summed E-state index contributed by atoms with van der Waals surface area (Å²) in [4.78, 5) is 26.0. The third-order valence-corrected chi connectivity index (χ3v) is 4.54. The molecule has 8 heteroatoms. The Kier molecular flexibility index (Phi) is 8.15. The number of benzene rings is 2. The smallest absolute Gasteiger partial charge is 0.243 e. The molecule has 0 fully saturated rings. The average molecular weight is 421 g/mol. The van der Waals surface area contributed by atoms with E-state index in [0.717, 1.165) is 5.56 Å². The third-order valence-electron chi connectivity index (χ3n) is 4.29. The van der Waals surface area contributed by atoms with E-state index in [9.17, 15) is 9.59 Å². The van der Waals surface area contributed by atoms with Crippen LogP contribution in [0.4, 0.5) is 5.69 Å². The van der Waals surface area contributed by atoms with E-state index in [1.165, 1.54) is 12.0 Å². The Balaban J connectivity index is 1.92. The zero-order valence-electron chi connectivity index (χ0n) is 17.0. The summed E-state index contributed by atoms with van der Waals surface area (Å²) in [5, 5.41) is 3.32. The van der Waals surface area contributed by atoms with Gasteiger partial charge in [0.2, 0.25) is 17.6 Å². The fourth-order valence-electron chi connectivity index (χ4n) is 2.76. The average Bonchev–Trinajstić information content (AvgIpc) is 2.72. The van der Waals surface area contributed by atoms with Gasteiger partial charge in [0, 0.05) is 24.2 Å². The van der Waals surface area contributed by atoms with Crippen molar-refractivity contribution in [2.75, 3.05) is 40.2 Å². The molecule has 0 atom stereocenters. The maximum absolute atomic E-state index is 12.4. The second-order valence-corrected chi connectivity index (χ2v) is 6.77. The highest BCUT2D eigenvalue weighted by Crippen LogP contribution is 2.38. The molecule has 0 heterocycles. The first kappa shape index (κ1) is 22.4. The van der Waals surface area contributed by atoms with E-state index >= 15 is 0 Å². The van der Waals surface area contributed by atoms with Crippen molar-refractivity contribution in [1.82, 2.24) is 4.90 Å². The largest absolute Gasteiger partial charge is 0.493 e. The Bertz CT molecular complexity index is 830. The van der Waals surface area contributed by atoms with Crippen LogP contribution in [0.2, 0.25) is 5.02 Å². The molecule has 1 N–H and O–H groups in total. The third kappa shape index (κ3) is 6.29. The topological polar surface area (TPSA) is 77.1 Å². The number of hydrogen-bond donors (Lipinski definition) is 1. The molecule has 0 spiro atoms. The van der Waals surface area contributed by atoms with Crippen LogP contribution in [-0.2, 0) is 16.0 Å². The summed E-state index contributed by atoms with van der Waals surface area (Å²) in [5.74, 6) is 1.14. The summed E-state index contributed by atoms with van der Waals surface area (Å²) in [5.41, 5.74) is 1.49. The van der Waals surface area contributed by atoms with Crippen LogP contribution in [0.1, 0.15) is 12.0 Å². The number of aryl methyl sites for hydroxylation is 1.